The molecule has 0 amide bonds. The van der Waals surface area contributed by atoms with Crippen LogP contribution in [-0.4, -0.2) is 16.7 Å². The smallest absolute Gasteiger partial charge is 0.130 e. The van der Waals surface area contributed by atoms with Crippen LogP contribution in [0.3, 0.4) is 0 Å². The number of methoxy groups -OCH3 is 1. The maximum Gasteiger partial charge on any atom is 0.130 e. The molecule has 0 spiro atoms. The summed E-state index contributed by atoms with van der Waals surface area (Å²) in [6.07, 6.45) is 3.65. The molecule has 0 saturated carbocycles. The minimum Gasteiger partial charge on any atom is -0.496 e. The molecule has 4 nitrogen and oxygen atoms in total. The molecule has 0 aliphatic rings. The number of rotatable bonds is 3. The second-order valence-corrected chi connectivity index (χ2v) is 4.78. The van der Waals surface area contributed by atoms with E-state index in [1.54, 1.807) is 13.3 Å². The van der Waals surface area contributed by atoms with E-state index in [4.69, 9.17) is 10.5 Å². The SMILES string of the molecule is COc1ccc2ccccc2c1C(N)c1nccn1C. The van der Waals surface area contributed by atoms with Gasteiger partial charge in [-0.25, -0.2) is 4.98 Å². The highest BCUT2D eigenvalue weighted by atomic mass is 16.5. The Balaban J connectivity index is 2.26. The Hall–Kier alpha value is -2.33. The number of nitrogens with two attached hydrogens (primary N) is 1. The van der Waals surface area contributed by atoms with E-state index in [0.29, 0.717) is 0 Å². The molecule has 1 atom stereocenters. The lowest BCUT2D eigenvalue weighted by Gasteiger charge is -2.18. The van der Waals surface area contributed by atoms with E-state index in [2.05, 4.69) is 17.1 Å². The van der Waals surface area contributed by atoms with Crippen LogP contribution in [-0.2, 0) is 7.05 Å². The van der Waals surface area contributed by atoms with Gasteiger partial charge in [0.1, 0.15) is 11.6 Å². The van der Waals surface area contributed by atoms with Crippen LogP contribution in [0.25, 0.3) is 10.8 Å². The molecule has 2 aromatic carbocycles. The van der Waals surface area contributed by atoms with Crippen LogP contribution < -0.4 is 10.5 Å². The Morgan fingerprint density at radius 2 is 2.00 bits per heavy atom. The zero-order valence-corrected chi connectivity index (χ0v) is 11.6. The van der Waals surface area contributed by atoms with Crippen molar-refractivity contribution in [1.82, 2.24) is 9.55 Å². The van der Waals surface area contributed by atoms with Crippen molar-refractivity contribution in [3.8, 4) is 5.75 Å². The minimum atomic E-state index is -0.323. The van der Waals surface area contributed by atoms with Gasteiger partial charge in [0.2, 0.25) is 0 Å². The predicted molar refractivity (Wildman–Crippen MR) is 79.7 cm³/mol. The highest BCUT2D eigenvalue weighted by Gasteiger charge is 2.20. The fourth-order valence-electron chi connectivity index (χ4n) is 2.58. The van der Waals surface area contributed by atoms with Crippen molar-refractivity contribution >= 4 is 10.8 Å². The van der Waals surface area contributed by atoms with Gasteiger partial charge in [0.25, 0.3) is 0 Å². The number of imidazole rings is 1. The van der Waals surface area contributed by atoms with Crippen molar-refractivity contribution in [3.05, 3.63) is 60.2 Å². The van der Waals surface area contributed by atoms with Gasteiger partial charge in [0.15, 0.2) is 0 Å². The van der Waals surface area contributed by atoms with Crippen LogP contribution in [0.2, 0.25) is 0 Å². The van der Waals surface area contributed by atoms with Crippen molar-refractivity contribution in [2.45, 2.75) is 6.04 Å². The zero-order chi connectivity index (χ0) is 14.1. The van der Waals surface area contributed by atoms with Crippen LogP contribution in [0.5, 0.6) is 5.75 Å². The lowest BCUT2D eigenvalue weighted by atomic mass is 9.97. The Kier molecular flexibility index (Phi) is 3.16. The highest BCUT2D eigenvalue weighted by Crippen LogP contribution is 2.34. The number of ether oxygens (including phenoxy) is 1. The van der Waals surface area contributed by atoms with Gasteiger partial charge in [-0.15, -0.1) is 0 Å². The molecule has 0 saturated heterocycles. The second-order valence-electron chi connectivity index (χ2n) is 4.78. The number of nitrogens with zero attached hydrogens (tertiary/aromatic N) is 2. The van der Waals surface area contributed by atoms with Crippen molar-refractivity contribution in [1.29, 1.82) is 0 Å². The van der Waals surface area contributed by atoms with Crippen molar-refractivity contribution < 1.29 is 4.74 Å². The summed E-state index contributed by atoms with van der Waals surface area (Å²) in [6, 6.07) is 11.8. The summed E-state index contributed by atoms with van der Waals surface area (Å²) in [5.74, 6) is 1.61. The van der Waals surface area contributed by atoms with Crippen molar-refractivity contribution in [3.63, 3.8) is 0 Å². The van der Waals surface area contributed by atoms with E-state index in [-0.39, 0.29) is 6.04 Å². The largest absolute Gasteiger partial charge is 0.496 e. The van der Waals surface area contributed by atoms with Gasteiger partial charge in [-0.3, -0.25) is 0 Å². The molecule has 0 aliphatic carbocycles. The molecule has 0 fully saturated rings. The highest BCUT2D eigenvalue weighted by molar-refractivity contribution is 5.88. The first-order valence-corrected chi connectivity index (χ1v) is 6.51. The molecule has 102 valence electrons. The van der Waals surface area contributed by atoms with Gasteiger partial charge in [0.05, 0.1) is 13.2 Å². The third kappa shape index (κ3) is 1.94. The average Bonchev–Trinajstić information content (AvgIpc) is 2.91. The molecule has 3 aromatic rings. The summed E-state index contributed by atoms with van der Waals surface area (Å²) < 4.78 is 7.43. The first-order chi connectivity index (χ1) is 9.72. The molecule has 0 radical (unpaired) electrons. The molecule has 0 bridgehead atoms. The van der Waals surface area contributed by atoms with E-state index in [1.807, 2.05) is 42.1 Å². The van der Waals surface area contributed by atoms with Crippen LogP contribution in [0.15, 0.2) is 48.8 Å². The molecule has 4 heteroatoms. The molecule has 1 aromatic heterocycles. The molecular weight excluding hydrogens is 250 g/mol. The third-order valence-electron chi connectivity index (χ3n) is 3.60. The van der Waals surface area contributed by atoms with Crippen LogP contribution in [0.4, 0.5) is 0 Å². The standard InChI is InChI=1S/C16H17N3O/c1-19-10-9-18-16(19)15(17)14-12-6-4-3-5-11(12)7-8-13(14)20-2/h3-10,15H,17H2,1-2H3. The van der Waals surface area contributed by atoms with Crippen LogP contribution >= 0.6 is 0 Å². The van der Waals surface area contributed by atoms with E-state index in [1.165, 1.54) is 0 Å². The molecule has 1 heterocycles. The summed E-state index contributed by atoms with van der Waals surface area (Å²) in [7, 11) is 3.61. The van der Waals surface area contributed by atoms with Gasteiger partial charge < -0.3 is 15.0 Å². The molecule has 0 aliphatic heterocycles. The van der Waals surface area contributed by atoms with Crippen molar-refractivity contribution in [2.75, 3.05) is 7.11 Å². The topological polar surface area (TPSA) is 53.1 Å². The quantitative estimate of drug-likeness (QED) is 0.793. The van der Waals surface area contributed by atoms with Gasteiger partial charge in [-0.1, -0.05) is 30.3 Å². The lowest BCUT2D eigenvalue weighted by Crippen LogP contribution is -2.17. The zero-order valence-electron chi connectivity index (χ0n) is 11.6. The van der Waals surface area contributed by atoms with Crippen LogP contribution in [0, 0.1) is 0 Å². The first-order valence-electron chi connectivity index (χ1n) is 6.51. The summed E-state index contributed by atoms with van der Waals surface area (Å²) in [5, 5.41) is 2.25. The Labute approximate surface area is 117 Å². The molecule has 3 rings (SSSR count). The number of hydrogen-bond acceptors (Lipinski definition) is 3. The van der Waals surface area contributed by atoms with Crippen LogP contribution in [0.1, 0.15) is 17.4 Å². The number of aromatic nitrogens is 2. The molecule has 1 unspecified atom stereocenters. The summed E-state index contributed by atoms with van der Waals surface area (Å²) in [5.41, 5.74) is 7.41. The number of hydrogen-bond donors (Lipinski definition) is 1. The van der Waals surface area contributed by atoms with Crippen molar-refractivity contribution in [2.24, 2.45) is 12.8 Å². The average molecular weight is 267 g/mol. The van der Waals surface area contributed by atoms with Gasteiger partial charge in [-0.05, 0) is 16.8 Å². The molecule has 20 heavy (non-hydrogen) atoms. The minimum absolute atomic E-state index is 0.323. The summed E-state index contributed by atoms with van der Waals surface area (Å²) in [4.78, 5) is 4.36. The Morgan fingerprint density at radius 3 is 2.70 bits per heavy atom. The van der Waals surface area contributed by atoms with E-state index in [9.17, 15) is 0 Å². The first kappa shape index (κ1) is 12.7. The van der Waals surface area contributed by atoms with E-state index in [0.717, 1.165) is 27.9 Å². The van der Waals surface area contributed by atoms with Gasteiger partial charge in [0, 0.05) is 25.0 Å². The monoisotopic (exact) mass is 267 g/mol. The number of aryl methyl sites for hydroxylation is 1. The second kappa shape index (κ2) is 4.98. The molecule has 2 N–H and O–H groups in total. The normalized spacial score (nSPS) is 12.6. The maximum atomic E-state index is 6.44. The van der Waals surface area contributed by atoms with E-state index >= 15 is 0 Å². The Morgan fingerprint density at radius 1 is 1.20 bits per heavy atom. The fraction of sp³-hybridized carbons (Fsp3) is 0.188. The predicted octanol–water partition coefficient (Wildman–Crippen LogP) is 2.63. The van der Waals surface area contributed by atoms with Gasteiger partial charge in [-0.2, -0.15) is 0 Å². The third-order valence-corrected chi connectivity index (χ3v) is 3.60. The molecular formula is C16H17N3O. The Bertz CT molecular complexity index is 748. The van der Waals surface area contributed by atoms with E-state index < -0.39 is 0 Å². The lowest BCUT2D eigenvalue weighted by molar-refractivity contribution is 0.408. The maximum absolute atomic E-state index is 6.44. The summed E-state index contributed by atoms with van der Waals surface area (Å²) in [6.45, 7) is 0. The fourth-order valence-corrected chi connectivity index (χ4v) is 2.58. The summed E-state index contributed by atoms with van der Waals surface area (Å²) >= 11 is 0. The number of fused-ring (bicyclic) bond motifs is 1. The van der Waals surface area contributed by atoms with Gasteiger partial charge >= 0.3 is 0 Å². The number of benzene rings is 2.